The highest BCUT2D eigenvalue weighted by Crippen LogP contribution is 2.43. The third kappa shape index (κ3) is 48.1. The number of phosphoric acid groups is 1. The topological polar surface area (TPSA) is 134 Å². The van der Waals surface area contributed by atoms with E-state index in [0.717, 1.165) is 32.1 Å². The smallest absolute Gasteiger partial charge is 0.462 e. The Kier molecular flexibility index (Phi) is 47.2. The van der Waals surface area contributed by atoms with E-state index >= 15 is 0 Å². The number of hydrogen-bond donors (Lipinski definition) is 2. The quantitative estimate of drug-likeness (QED) is 0.0265. The van der Waals surface area contributed by atoms with E-state index in [1.807, 2.05) is 0 Å². The van der Waals surface area contributed by atoms with Crippen LogP contribution in [-0.2, 0) is 32.7 Å². The Morgan fingerprint density at radius 3 is 1.16 bits per heavy atom. The van der Waals surface area contributed by atoms with Gasteiger partial charge in [-0.25, -0.2) is 4.57 Å². The molecule has 0 rings (SSSR count). The van der Waals surface area contributed by atoms with Gasteiger partial charge in [0.2, 0.25) is 0 Å². The Labute approximate surface area is 377 Å². The summed E-state index contributed by atoms with van der Waals surface area (Å²) in [6, 6.07) is 0. The van der Waals surface area contributed by atoms with Gasteiger partial charge >= 0.3 is 19.8 Å². The zero-order valence-corrected chi connectivity index (χ0v) is 41.1. The van der Waals surface area contributed by atoms with Crippen LogP contribution in [0.1, 0.15) is 271 Å². The fourth-order valence-corrected chi connectivity index (χ4v) is 8.52. The summed E-state index contributed by atoms with van der Waals surface area (Å²) in [6.45, 7) is 3.79. The summed E-state index contributed by atoms with van der Waals surface area (Å²) < 4.78 is 33.0. The molecule has 61 heavy (non-hydrogen) atoms. The standard InChI is InChI=1S/C51H100NO8P/c1-3-5-7-9-11-13-15-17-19-21-23-24-26-28-30-32-34-36-38-40-42-44-51(54)60-49(48-59-61(55,56)58-46-45-52)47-57-50(53)43-41-39-37-35-33-31-29-27-25-22-20-18-16-14-12-10-8-6-4-2/h18,20,49H,3-17,19,21-48,52H2,1-2H3,(H,55,56)/t49-/m1/s1. The van der Waals surface area contributed by atoms with Crippen molar-refractivity contribution >= 4 is 19.8 Å². The van der Waals surface area contributed by atoms with Gasteiger partial charge < -0.3 is 20.1 Å². The predicted molar refractivity (Wildman–Crippen MR) is 257 cm³/mol. The van der Waals surface area contributed by atoms with Crippen molar-refractivity contribution in [2.24, 2.45) is 5.73 Å². The van der Waals surface area contributed by atoms with Crippen molar-refractivity contribution in [2.75, 3.05) is 26.4 Å². The van der Waals surface area contributed by atoms with Crippen LogP contribution in [0.25, 0.3) is 0 Å². The van der Waals surface area contributed by atoms with E-state index in [9.17, 15) is 19.0 Å². The average Bonchev–Trinajstić information content (AvgIpc) is 3.25. The lowest BCUT2D eigenvalue weighted by molar-refractivity contribution is -0.161. The highest BCUT2D eigenvalue weighted by Gasteiger charge is 2.26. The lowest BCUT2D eigenvalue weighted by Crippen LogP contribution is -2.29. The zero-order valence-electron chi connectivity index (χ0n) is 40.2. The number of phosphoric ester groups is 1. The van der Waals surface area contributed by atoms with Crippen LogP contribution in [0.4, 0.5) is 0 Å². The maximum atomic E-state index is 12.7. The number of hydrogen-bond acceptors (Lipinski definition) is 8. The largest absolute Gasteiger partial charge is 0.472 e. The lowest BCUT2D eigenvalue weighted by atomic mass is 10.0. The van der Waals surface area contributed by atoms with Crippen molar-refractivity contribution in [3.63, 3.8) is 0 Å². The van der Waals surface area contributed by atoms with Gasteiger partial charge in [-0.1, -0.05) is 231 Å². The van der Waals surface area contributed by atoms with Gasteiger partial charge in [0.15, 0.2) is 6.10 Å². The Morgan fingerprint density at radius 1 is 0.475 bits per heavy atom. The summed E-state index contributed by atoms with van der Waals surface area (Å²) in [4.78, 5) is 35.1. The minimum atomic E-state index is -4.38. The van der Waals surface area contributed by atoms with E-state index in [0.29, 0.717) is 6.42 Å². The van der Waals surface area contributed by atoms with Gasteiger partial charge in [-0.3, -0.25) is 18.6 Å². The van der Waals surface area contributed by atoms with Gasteiger partial charge in [0.1, 0.15) is 6.61 Å². The van der Waals surface area contributed by atoms with Crippen molar-refractivity contribution in [1.29, 1.82) is 0 Å². The molecular weight excluding hydrogens is 786 g/mol. The van der Waals surface area contributed by atoms with Gasteiger partial charge in [-0.2, -0.15) is 0 Å². The van der Waals surface area contributed by atoms with Crippen molar-refractivity contribution in [3.8, 4) is 0 Å². The molecule has 0 heterocycles. The first-order chi connectivity index (χ1) is 29.8. The first-order valence-corrected chi connectivity index (χ1v) is 27.7. The molecule has 1 unspecified atom stereocenters. The molecule has 9 nitrogen and oxygen atoms in total. The second kappa shape index (κ2) is 48.2. The minimum absolute atomic E-state index is 0.0565. The van der Waals surface area contributed by atoms with E-state index < -0.39 is 26.5 Å². The number of ether oxygens (including phenoxy) is 2. The van der Waals surface area contributed by atoms with Gasteiger partial charge in [-0.15, -0.1) is 0 Å². The highest BCUT2D eigenvalue weighted by molar-refractivity contribution is 7.47. The first-order valence-electron chi connectivity index (χ1n) is 26.2. The molecule has 0 saturated carbocycles. The highest BCUT2D eigenvalue weighted by atomic mass is 31.2. The summed E-state index contributed by atoms with van der Waals surface area (Å²) >= 11 is 0. The summed E-state index contributed by atoms with van der Waals surface area (Å²) in [5.41, 5.74) is 5.37. The van der Waals surface area contributed by atoms with Crippen molar-refractivity contribution < 1.29 is 37.6 Å². The molecule has 0 amide bonds. The molecule has 2 atom stereocenters. The summed E-state index contributed by atoms with van der Waals surface area (Å²) in [7, 11) is -4.38. The molecule has 0 saturated heterocycles. The van der Waals surface area contributed by atoms with Crippen LogP contribution in [0, 0.1) is 0 Å². The van der Waals surface area contributed by atoms with Crippen molar-refractivity contribution in [3.05, 3.63) is 12.2 Å². The van der Waals surface area contributed by atoms with Crippen LogP contribution < -0.4 is 5.73 Å². The summed E-state index contributed by atoms with van der Waals surface area (Å²) in [6.07, 6.45) is 52.5. The van der Waals surface area contributed by atoms with Gasteiger partial charge in [0.25, 0.3) is 0 Å². The lowest BCUT2D eigenvalue weighted by Gasteiger charge is -2.19. The van der Waals surface area contributed by atoms with Gasteiger partial charge in [0.05, 0.1) is 13.2 Å². The molecule has 0 aliphatic rings. The fourth-order valence-electron chi connectivity index (χ4n) is 7.75. The maximum absolute atomic E-state index is 12.7. The normalized spacial score (nSPS) is 13.2. The third-order valence-corrected chi connectivity index (χ3v) is 12.6. The molecule has 0 aromatic rings. The number of allylic oxidation sites excluding steroid dienone is 2. The SMILES string of the molecule is CCCCCCCCC=CCCCCCCCCCCCC(=O)OC[C@H](COP(=O)(O)OCCN)OC(=O)CCCCCCCCCCCCCCCCCCCCCCC. The number of rotatable bonds is 50. The summed E-state index contributed by atoms with van der Waals surface area (Å²) in [5.74, 6) is -0.813. The van der Waals surface area contributed by atoms with E-state index in [1.165, 1.54) is 205 Å². The molecule has 0 aliphatic carbocycles. The van der Waals surface area contributed by atoms with Crippen LogP contribution >= 0.6 is 7.82 Å². The maximum Gasteiger partial charge on any atom is 0.472 e. The molecule has 0 aliphatic heterocycles. The van der Waals surface area contributed by atoms with Crippen LogP contribution in [0.5, 0.6) is 0 Å². The molecule has 0 aromatic carbocycles. The van der Waals surface area contributed by atoms with Crippen LogP contribution in [0.2, 0.25) is 0 Å². The molecule has 0 bridgehead atoms. The average molecular weight is 886 g/mol. The molecular formula is C51H100NO8P. The number of unbranched alkanes of at least 4 members (excludes halogenated alkanes) is 35. The van der Waals surface area contributed by atoms with E-state index in [-0.39, 0.29) is 38.6 Å². The molecule has 0 aromatic heterocycles. The predicted octanol–water partition coefficient (Wildman–Crippen LogP) is 15.7. The van der Waals surface area contributed by atoms with E-state index in [1.54, 1.807) is 0 Å². The van der Waals surface area contributed by atoms with Crippen molar-refractivity contribution in [1.82, 2.24) is 0 Å². The molecule has 3 N–H and O–H groups in total. The molecule has 362 valence electrons. The number of esters is 2. The Bertz CT molecular complexity index is 1010. The van der Waals surface area contributed by atoms with E-state index in [4.69, 9.17) is 24.3 Å². The Balaban J connectivity index is 4.00. The van der Waals surface area contributed by atoms with Crippen molar-refractivity contribution in [2.45, 2.75) is 277 Å². The first kappa shape index (κ1) is 59.8. The molecule has 0 spiro atoms. The van der Waals surface area contributed by atoms with E-state index in [2.05, 4.69) is 26.0 Å². The van der Waals surface area contributed by atoms with Gasteiger partial charge in [0, 0.05) is 19.4 Å². The Morgan fingerprint density at radius 2 is 0.803 bits per heavy atom. The second-order valence-corrected chi connectivity index (χ2v) is 19.2. The van der Waals surface area contributed by atoms with Crippen LogP contribution in [-0.4, -0.2) is 49.3 Å². The monoisotopic (exact) mass is 886 g/mol. The van der Waals surface area contributed by atoms with Crippen LogP contribution in [0.3, 0.4) is 0 Å². The zero-order chi connectivity index (χ0) is 44.6. The summed E-state index contributed by atoms with van der Waals surface area (Å²) in [5, 5.41) is 0. The third-order valence-electron chi connectivity index (χ3n) is 11.7. The second-order valence-electron chi connectivity index (χ2n) is 17.8. The number of carbonyl (C=O) groups is 2. The fraction of sp³-hybridized carbons (Fsp3) is 0.922. The molecule has 0 fully saturated rings. The Hall–Kier alpha value is -1.25. The van der Waals surface area contributed by atoms with Gasteiger partial charge in [-0.05, 0) is 38.5 Å². The number of nitrogens with two attached hydrogens (primary N) is 1. The molecule has 0 radical (unpaired) electrons. The minimum Gasteiger partial charge on any atom is -0.462 e. The van der Waals surface area contributed by atoms with Crippen LogP contribution in [0.15, 0.2) is 12.2 Å². The molecule has 10 heteroatoms. The number of carbonyl (C=O) groups excluding carboxylic acids is 2.